The molecule has 0 aliphatic rings. The number of nitrogens with zero attached hydrogens (tertiary/aromatic N) is 1. The summed E-state index contributed by atoms with van der Waals surface area (Å²) in [6.07, 6.45) is -3.19. The average molecular weight is 214 g/mol. The fraction of sp³-hybridized carbons (Fsp3) is 0.500. The van der Waals surface area contributed by atoms with Crippen molar-refractivity contribution in [2.24, 2.45) is 5.73 Å². The van der Waals surface area contributed by atoms with E-state index >= 15 is 0 Å². The van der Waals surface area contributed by atoms with Gasteiger partial charge in [0.2, 0.25) is 0 Å². The normalized spacial score (nSPS) is 10.6. The van der Waals surface area contributed by atoms with E-state index in [-0.39, 0.29) is 6.54 Å². The number of alkyl halides is 3. The predicted octanol–water partition coefficient (Wildman–Crippen LogP) is 1.23. The Morgan fingerprint density at radius 2 is 2.08 bits per heavy atom. The summed E-state index contributed by atoms with van der Waals surface area (Å²) in [5.74, 6) is 0. The molecule has 0 aliphatic heterocycles. The zero-order valence-electron chi connectivity index (χ0n) is 6.80. The number of nitrogens with two attached hydrogens (primary N) is 1. The predicted molar refractivity (Wildman–Crippen MR) is 43.2 cm³/mol. The second kappa shape index (κ2) is 5.15. The van der Waals surface area contributed by atoms with E-state index in [4.69, 9.17) is 10.8 Å². The molecule has 0 spiro atoms. The summed E-state index contributed by atoms with van der Waals surface area (Å²) in [7, 11) is 1.00. The molecule has 1 heterocycles. The third kappa shape index (κ3) is 3.71. The first-order valence-electron chi connectivity index (χ1n) is 3.20. The number of rotatable bonds is 1. The van der Waals surface area contributed by atoms with E-state index in [1.54, 1.807) is 0 Å². The minimum atomic E-state index is -4.34. The molecule has 0 unspecified atom stereocenters. The first-order valence-corrected chi connectivity index (χ1v) is 4.02. The Morgan fingerprint density at radius 1 is 1.54 bits per heavy atom. The first-order chi connectivity index (χ1) is 6.04. The van der Waals surface area contributed by atoms with E-state index in [0.717, 1.165) is 13.3 Å². The van der Waals surface area contributed by atoms with Crippen LogP contribution in [-0.2, 0) is 12.7 Å². The van der Waals surface area contributed by atoms with Crippen LogP contribution in [0.15, 0.2) is 6.20 Å². The smallest absolute Gasteiger partial charge is 0.400 e. The second-order valence-corrected chi connectivity index (χ2v) is 2.95. The molecule has 0 saturated heterocycles. The minimum Gasteiger partial charge on any atom is -0.400 e. The fourth-order valence-corrected chi connectivity index (χ4v) is 1.19. The number of hydrogen-bond donors (Lipinski definition) is 2. The molecule has 3 N–H and O–H groups in total. The van der Waals surface area contributed by atoms with Crippen molar-refractivity contribution in [2.75, 3.05) is 7.11 Å². The molecule has 1 aromatic rings. The van der Waals surface area contributed by atoms with Crippen LogP contribution in [0.2, 0.25) is 0 Å². The van der Waals surface area contributed by atoms with Gasteiger partial charge in [-0.1, -0.05) is 0 Å². The van der Waals surface area contributed by atoms with E-state index in [2.05, 4.69) is 4.98 Å². The Kier molecular flexibility index (Phi) is 4.89. The highest BCUT2D eigenvalue weighted by molar-refractivity contribution is 7.11. The second-order valence-electron chi connectivity index (χ2n) is 1.83. The van der Waals surface area contributed by atoms with Crippen molar-refractivity contribution in [1.29, 1.82) is 0 Å². The SMILES string of the molecule is CO.NCc1cnc(C(F)(F)F)s1. The van der Waals surface area contributed by atoms with E-state index in [0.29, 0.717) is 16.2 Å². The van der Waals surface area contributed by atoms with Crippen molar-refractivity contribution < 1.29 is 18.3 Å². The van der Waals surface area contributed by atoms with Crippen LogP contribution >= 0.6 is 11.3 Å². The molecule has 1 aromatic heterocycles. The van der Waals surface area contributed by atoms with Gasteiger partial charge in [0.1, 0.15) is 0 Å². The van der Waals surface area contributed by atoms with Gasteiger partial charge in [0, 0.05) is 24.7 Å². The molecule has 0 fully saturated rings. The maximum Gasteiger partial charge on any atom is 0.443 e. The Labute approximate surface area is 77.0 Å². The van der Waals surface area contributed by atoms with E-state index in [1.807, 2.05) is 0 Å². The third-order valence-corrected chi connectivity index (χ3v) is 2.06. The quantitative estimate of drug-likeness (QED) is 0.739. The van der Waals surface area contributed by atoms with Gasteiger partial charge >= 0.3 is 6.18 Å². The van der Waals surface area contributed by atoms with Crippen molar-refractivity contribution in [3.05, 3.63) is 16.1 Å². The van der Waals surface area contributed by atoms with Crippen LogP contribution in [0, 0.1) is 0 Å². The molecule has 0 radical (unpaired) electrons. The molecule has 13 heavy (non-hydrogen) atoms. The summed E-state index contributed by atoms with van der Waals surface area (Å²) in [6.45, 7) is 0.105. The molecule has 0 amide bonds. The molecule has 0 aromatic carbocycles. The van der Waals surface area contributed by atoms with Crippen LogP contribution in [0.3, 0.4) is 0 Å². The maximum absolute atomic E-state index is 11.8. The van der Waals surface area contributed by atoms with Crippen molar-refractivity contribution in [3.8, 4) is 0 Å². The van der Waals surface area contributed by atoms with Crippen LogP contribution in [0.5, 0.6) is 0 Å². The Hall–Kier alpha value is -0.660. The molecule has 0 atom stereocenters. The van der Waals surface area contributed by atoms with Crippen molar-refractivity contribution >= 4 is 11.3 Å². The van der Waals surface area contributed by atoms with Gasteiger partial charge in [-0.05, 0) is 0 Å². The lowest BCUT2D eigenvalue weighted by atomic mass is 10.6. The standard InChI is InChI=1S/C5H5F3N2S.CH4O/c6-5(7,8)4-10-2-3(1-9)11-4;1-2/h2H,1,9H2;2H,1H3. The van der Waals surface area contributed by atoms with Crippen LogP contribution in [0.4, 0.5) is 13.2 Å². The van der Waals surface area contributed by atoms with Gasteiger partial charge in [0.25, 0.3) is 0 Å². The lowest BCUT2D eigenvalue weighted by Crippen LogP contribution is -2.02. The fourth-order valence-electron chi connectivity index (χ4n) is 0.533. The highest BCUT2D eigenvalue weighted by Crippen LogP contribution is 2.32. The highest BCUT2D eigenvalue weighted by Gasteiger charge is 2.34. The summed E-state index contributed by atoms with van der Waals surface area (Å²) < 4.78 is 35.5. The van der Waals surface area contributed by atoms with Gasteiger partial charge in [-0.3, -0.25) is 0 Å². The molecule has 76 valence electrons. The topological polar surface area (TPSA) is 59.1 Å². The Morgan fingerprint density at radius 3 is 2.31 bits per heavy atom. The molecule has 0 bridgehead atoms. The van der Waals surface area contributed by atoms with E-state index in [1.165, 1.54) is 0 Å². The summed E-state index contributed by atoms with van der Waals surface area (Å²) in [6, 6.07) is 0. The lowest BCUT2D eigenvalue weighted by molar-refractivity contribution is -0.137. The van der Waals surface area contributed by atoms with Crippen LogP contribution in [0.1, 0.15) is 9.88 Å². The monoisotopic (exact) mass is 214 g/mol. The number of hydrogen-bond acceptors (Lipinski definition) is 4. The molecule has 1 rings (SSSR count). The zero-order chi connectivity index (χ0) is 10.5. The number of aromatic nitrogens is 1. The van der Waals surface area contributed by atoms with Crippen molar-refractivity contribution in [3.63, 3.8) is 0 Å². The van der Waals surface area contributed by atoms with Crippen LogP contribution in [-0.4, -0.2) is 17.2 Å². The summed E-state index contributed by atoms with van der Waals surface area (Å²) in [5.41, 5.74) is 5.11. The maximum atomic E-state index is 11.8. The molecule has 0 aliphatic carbocycles. The van der Waals surface area contributed by atoms with Gasteiger partial charge in [-0.15, -0.1) is 11.3 Å². The zero-order valence-corrected chi connectivity index (χ0v) is 7.61. The lowest BCUT2D eigenvalue weighted by Gasteiger charge is -1.98. The molecule has 0 saturated carbocycles. The van der Waals surface area contributed by atoms with Gasteiger partial charge in [0.15, 0.2) is 5.01 Å². The molecule has 7 heteroatoms. The number of thiazole rings is 1. The van der Waals surface area contributed by atoms with Crippen molar-refractivity contribution in [2.45, 2.75) is 12.7 Å². The summed E-state index contributed by atoms with van der Waals surface area (Å²) >= 11 is 0.579. The van der Waals surface area contributed by atoms with Crippen LogP contribution in [0.25, 0.3) is 0 Å². The minimum absolute atomic E-state index is 0.105. The summed E-state index contributed by atoms with van der Waals surface area (Å²) in [5, 5.41) is 6.16. The van der Waals surface area contributed by atoms with Gasteiger partial charge in [0.05, 0.1) is 0 Å². The number of aliphatic hydroxyl groups is 1. The Bertz CT molecular complexity index is 248. The van der Waals surface area contributed by atoms with E-state index in [9.17, 15) is 13.2 Å². The number of aliphatic hydroxyl groups excluding tert-OH is 1. The molecular weight excluding hydrogens is 205 g/mol. The highest BCUT2D eigenvalue weighted by atomic mass is 32.1. The van der Waals surface area contributed by atoms with Crippen LogP contribution < -0.4 is 5.73 Å². The van der Waals surface area contributed by atoms with Gasteiger partial charge < -0.3 is 10.8 Å². The molecular formula is C6H9F3N2OS. The van der Waals surface area contributed by atoms with Gasteiger partial charge in [-0.2, -0.15) is 13.2 Å². The largest absolute Gasteiger partial charge is 0.443 e. The van der Waals surface area contributed by atoms with E-state index < -0.39 is 11.2 Å². The average Bonchev–Trinajstić information content (AvgIpc) is 2.54. The van der Waals surface area contributed by atoms with Gasteiger partial charge in [-0.25, -0.2) is 4.98 Å². The first kappa shape index (κ1) is 12.3. The number of halogens is 3. The van der Waals surface area contributed by atoms with Crippen molar-refractivity contribution in [1.82, 2.24) is 4.98 Å². The summed E-state index contributed by atoms with van der Waals surface area (Å²) in [4.78, 5) is 3.61. The third-order valence-electron chi connectivity index (χ3n) is 0.997. The molecule has 3 nitrogen and oxygen atoms in total. The Balaban J connectivity index is 0.000000671.